The maximum absolute atomic E-state index is 12.7. The summed E-state index contributed by atoms with van der Waals surface area (Å²) in [7, 11) is 1.44. The fourth-order valence-electron chi connectivity index (χ4n) is 3.27. The Morgan fingerprint density at radius 1 is 1.26 bits per heavy atom. The van der Waals surface area contributed by atoms with Crippen molar-refractivity contribution in [3.8, 4) is 17.0 Å². The predicted molar refractivity (Wildman–Crippen MR) is 120 cm³/mol. The van der Waals surface area contributed by atoms with Gasteiger partial charge in [-0.2, -0.15) is 0 Å². The predicted octanol–water partition coefficient (Wildman–Crippen LogP) is 4.72. The van der Waals surface area contributed by atoms with Crippen molar-refractivity contribution in [2.75, 3.05) is 12.4 Å². The number of nitro benzene ring substituents is 1. The average molecular weight is 436 g/mol. The second kappa shape index (κ2) is 8.57. The van der Waals surface area contributed by atoms with Crippen molar-refractivity contribution < 1.29 is 14.5 Å². The summed E-state index contributed by atoms with van der Waals surface area (Å²) in [6.45, 7) is 2.11. The van der Waals surface area contributed by atoms with Gasteiger partial charge in [0.25, 0.3) is 5.69 Å². The number of anilines is 1. The lowest BCUT2D eigenvalue weighted by molar-refractivity contribution is -0.384. The van der Waals surface area contributed by atoms with E-state index >= 15 is 0 Å². The normalized spacial score (nSPS) is 10.9. The molecule has 1 N–H and O–H groups in total. The van der Waals surface area contributed by atoms with Crippen molar-refractivity contribution in [3.05, 3.63) is 75.4 Å². The molecule has 158 valence electrons. The number of aromatic nitrogens is 2. The molecule has 2 aromatic carbocycles. The van der Waals surface area contributed by atoms with Gasteiger partial charge in [-0.1, -0.05) is 31.2 Å². The van der Waals surface area contributed by atoms with Crippen molar-refractivity contribution in [3.63, 3.8) is 0 Å². The topological polar surface area (TPSA) is 98.8 Å². The summed E-state index contributed by atoms with van der Waals surface area (Å²) in [4.78, 5) is 28.6. The Labute approximate surface area is 182 Å². The van der Waals surface area contributed by atoms with E-state index in [9.17, 15) is 14.9 Å². The number of carbonyl (C=O) groups is 1. The zero-order valence-electron chi connectivity index (χ0n) is 17.0. The van der Waals surface area contributed by atoms with Gasteiger partial charge in [0.05, 0.1) is 29.8 Å². The average Bonchev–Trinajstić information content (AvgIpc) is 3.35. The smallest absolute Gasteiger partial charge is 0.271 e. The van der Waals surface area contributed by atoms with E-state index in [1.807, 2.05) is 28.1 Å². The van der Waals surface area contributed by atoms with E-state index in [0.717, 1.165) is 28.3 Å². The van der Waals surface area contributed by atoms with Gasteiger partial charge in [0.2, 0.25) is 5.91 Å². The molecule has 1 amide bonds. The number of rotatable bonds is 7. The summed E-state index contributed by atoms with van der Waals surface area (Å²) in [5.41, 5.74) is 4.05. The first kappa shape index (κ1) is 20.5. The van der Waals surface area contributed by atoms with Gasteiger partial charge in [-0.25, -0.2) is 4.98 Å². The number of non-ortho nitro benzene ring substituents is 1. The third kappa shape index (κ3) is 4.26. The SMILES string of the molecule is CCc1ccc(-c2cn3c(CC(=O)Nc4cc([N+](=O)[O-])ccc4OC)csc3n2)cc1. The molecule has 0 bridgehead atoms. The van der Waals surface area contributed by atoms with Crippen LogP contribution in [0, 0.1) is 10.1 Å². The summed E-state index contributed by atoms with van der Waals surface area (Å²) in [6.07, 6.45) is 2.99. The molecular weight excluding hydrogens is 416 g/mol. The Morgan fingerprint density at radius 3 is 2.71 bits per heavy atom. The summed E-state index contributed by atoms with van der Waals surface area (Å²) in [6, 6.07) is 12.3. The van der Waals surface area contributed by atoms with Crippen LogP contribution in [0.4, 0.5) is 11.4 Å². The minimum atomic E-state index is -0.516. The van der Waals surface area contributed by atoms with Gasteiger partial charge < -0.3 is 10.1 Å². The Hall–Kier alpha value is -3.72. The molecule has 0 spiro atoms. The molecule has 4 aromatic rings. The standard InChI is InChI=1S/C22H20N4O4S/c1-3-14-4-6-15(7-5-14)19-12-25-17(13-31-22(25)24-19)11-21(27)23-18-10-16(26(28)29)8-9-20(18)30-2/h4-10,12-13H,3,11H2,1-2H3,(H,23,27). The molecule has 31 heavy (non-hydrogen) atoms. The number of methoxy groups -OCH3 is 1. The van der Waals surface area contributed by atoms with Crippen molar-refractivity contribution in [1.82, 2.24) is 9.38 Å². The highest BCUT2D eigenvalue weighted by molar-refractivity contribution is 7.15. The molecule has 0 radical (unpaired) electrons. The van der Waals surface area contributed by atoms with E-state index in [2.05, 4.69) is 29.4 Å². The summed E-state index contributed by atoms with van der Waals surface area (Å²) in [5.74, 6) is 0.0518. The minimum absolute atomic E-state index is 0.0937. The van der Waals surface area contributed by atoms with Crippen molar-refractivity contribution in [2.24, 2.45) is 0 Å². The lowest BCUT2D eigenvalue weighted by atomic mass is 10.1. The van der Waals surface area contributed by atoms with Gasteiger partial charge in [0.15, 0.2) is 4.96 Å². The molecule has 2 heterocycles. The van der Waals surface area contributed by atoms with Crippen LogP contribution in [0.25, 0.3) is 16.2 Å². The molecule has 0 saturated carbocycles. The molecule has 0 fully saturated rings. The maximum atomic E-state index is 12.7. The Morgan fingerprint density at radius 2 is 2.03 bits per heavy atom. The first-order valence-electron chi connectivity index (χ1n) is 9.65. The van der Waals surface area contributed by atoms with Gasteiger partial charge in [0, 0.05) is 35.0 Å². The zero-order valence-corrected chi connectivity index (χ0v) is 17.8. The van der Waals surface area contributed by atoms with E-state index in [0.29, 0.717) is 5.75 Å². The number of benzene rings is 2. The third-order valence-electron chi connectivity index (χ3n) is 4.95. The third-order valence-corrected chi connectivity index (χ3v) is 5.84. The maximum Gasteiger partial charge on any atom is 0.271 e. The molecule has 0 unspecified atom stereocenters. The molecule has 9 heteroatoms. The van der Waals surface area contributed by atoms with E-state index in [1.165, 1.54) is 42.2 Å². The van der Waals surface area contributed by atoms with Gasteiger partial charge in [-0.3, -0.25) is 19.3 Å². The van der Waals surface area contributed by atoms with Crippen LogP contribution in [0.3, 0.4) is 0 Å². The van der Waals surface area contributed by atoms with Crippen LogP contribution in [-0.4, -0.2) is 27.3 Å². The van der Waals surface area contributed by atoms with Crippen LogP contribution in [0.2, 0.25) is 0 Å². The van der Waals surface area contributed by atoms with E-state index in [4.69, 9.17) is 4.74 Å². The first-order chi connectivity index (χ1) is 15.0. The molecule has 0 aliphatic rings. The van der Waals surface area contributed by atoms with Crippen LogP contribution in [0.1, 0.15) is 18.2 Å². The molecule has 0 aliphatic heterocycles. The Kier molecular flexibility index (Phi) is 5.68. The van der Waals surface area contributed by atoms with Gasteiger partial charge in [-0.15, -0.1) is 11.3 Å². The molecule has 2 aromatic heterocycles. The second-order valence-electron chi connectivity index (χ2n) is 6.92. The van der Waals surface area contributed by atoms with Gasteiger partial charge in [0.1, 0.15) is 5.75 Å². The molecule has 4 rings (SSSR count). The Balaban J connectivity index is 1.55. The number of carbonyl (C=O) groups excluding carboxylic acids is 1. The number of nitro groups is 1. The van der Waals surface area contributed by atoms with Crippen LogP contribution >= 0.6 is 11.3 Å². The fraction of sp³-hybridized carbons (Fsp3) is 0.182. The highest BCUT2D eigenvalue weighted by atomic mass is 32.1. The number of nitrogens with one attached hydrogen (secondary N) is 1. The summed E-state index contributed by atoms with van der Waals surface area (Å²) < 4.78 is 7.11. The second-order valence-corrected chi connectivity index (χ2v) is 7.76. The highest BCUT2D eigenvalue weighted by Crippen LogP contribution is 2.29. The van der Waals surface area contributed by atoms with Crippen molar-refractivity contribution in [2.45, 2.75) is 19.8 Å². The molecule has 0 atom stereocenters. The van der Waals surface area contributed by atoms with Crippen LogP contribution in [0.5, 0.6) is 5.75 Å². The molecule has 8 nitrogen and oxygen atoms in total. The number of nitrogens with zero attached hydrogens (tertiary/aromatic N) is 3. The lowest BCUT2D eigenvalue weighted by Gasteiger charge is -2.09. The quantitative estimate of drug-likeness (QED) is 0.334. The number of hydrogen-bond donors (Lipinski definition) is 1. The number of imidazole rings is 1. The number of thiazole rings is 1. The number of ether oxygens (including phenoxy) is 1. The number of amides is 1. The van der Waals surface area contributed by atoms with Crippen LogP contribution in [-0.2, 0) is 17.6 Å². The minimum Gasteiger partial charge on any atom is -0.495 e. The van der Waals surface area contributed by atoms with Crippen LogP contribution < -0.4 is 10.1 Å². The van der Waals surface area contributed by atoms with Gasteiger partial charge in [-0.05, 0) is 18.1 Å². The fourth-order valence-corrected chi connectivity index (χ4v) is 4.15. The van der Waals surface area contributed by atoms with Gasteiger partial charge >= 0.3 is 0 Å². The number of hydrogen-bond acceptors (Lipinski definition) is 6. The molecule has 0 saturated heterocycles. The lowest BCUT2D eigenvalue weighted by Crippen LogP contribution is -2.16. The highest BCUT2D eigenvalue weighted by Gasteiger charge is 2.16. The monoisotopic (exact) mass is 436 g/mol. The Bertz CT molecular complexity index is 1260. The van der Waals surface area contributed by atoms with Crippen LogP contribution in [0.15, 0.2) is 54.0 Å². The summed E-state index contributed by atoms with van der Waals surface area (Å²) >= 11 is 1.46. The number of fused-ring (bicyclic) bond motifs is 1. The van der Waals surface area contributed by atoms with E-state index in [-0.39, 0.29) is 23.7 Å². The first-order valence-corrected chi connectivity index (χ1v) is 10.5. The van der Waals surface area contributed by atoms with E-state index in [1.54, 1.807) is 0 Å². The summed E-state index contributed by atoms with van der Waals surface area (Å²) in [5, 5.41) is 15.6. The molecule has 0 aliphatic carbocycles. The number of aryl methyl sites for hydroxylation is 1. The largest absolute Gasteiger partial charge is 0.495 e. The van der Waals surface area contributed by atoms with E-state index < -0.39 is 4.92 Å². The van der Waals surface area contributed by atoms with Crippen molar-refractivity contribution >= 4 is 33.6 Å². The zero-order chi connectivity index (χ0) is 22.0. The molecular formula is C22H20N4O4S. The van der Waals surface area contributed by atoms with Crippen molar-refractivity contribution in [1.29, 1.82) is 0 Å².